The van der Waals surface area contributed by atoms with E-state index in [1.165, 1.54) is 11.8 Å². The van der Waals surface area contributed by atoms with E-state index in [0.717, 1.165) is 16.1 Å². The molecule has 0 atom stereocenters. The minimum Gasteiger partial charge on any atom is -0.324 e. The van der Waals surface area contributed by atoms with Gasteiger partial charge in [0.15, 0.2) is 0 Å². The van der Waals surface area contributed by atoms with Crippen LogP contribution in [0, 0.1) is 0 Å². The topological polar surface area (TPSA) is 70.7 Å². The molecule has 3 aromatic rings. The number of para-hydroxylation sites is 2. The molecule has 2 heterocycles. The van der Waals surface area contributed by atoms with Gasteiger partial charge in [0.25, 0.3) is 5.91 Å². The molecule has 3 rings (SSSR count). The lowest BCUT2D eigenvalue weighted by Gasteiger charge is -2.02. The summed E-state index contributed by atoms with van der Waals surface area (Å²) in [5.41, 5.74) is 2.27. The molecule has 0 fully saturated rings. The highest BCUT2D eigenvalue weighted by Gasteiger charge is 2.09. The van der Waals surface area contributed by atoms with E-state index in [-0.39, 0.29) is 5.91 Å². The molecule has 0 radical (unpaired) electrons. The van der Waals surface area contributed by atoms with Gasteiger partial charge in [0.05, 0.1) is 16.1 Å². The minimum absolute atomic E-state index is 0.207. The maximum Gasteiger partial charge on any atom is 0.258 e. The maximum absolute atomic E-state index is 12.2. The molecule has 0 saturated heterocycles. The zero-order valence-corrected chi connectivity index (χ0v) is 11.6. The van der Waals surface area contributed by atoms with Crippen molar-refractivity contribution in [3.8, 4) is 0 Å². The number of aromatic nitrogens is 3. The van der Waals surface area contributed by atoms with E-state index in [9.17, 15) is 4.79 Å². The van der Waals surface area contributed by atoms with Gasteiger partial charge in [-0.2, -0.15) is 0 Å². The molecule has 0 spiro atoms. The third-order valence-electron chi connectivity index (χ3n) is 2.83. The van der Waals surface area contributed by atoms with Crippen molar-refractivity contribution in [3.05, 3.63) is 48.2 Å². The van der Waals surface area contributed by atoms with Gasteiger partial charge in [-0.05, 0) is 30.5 Å². The highest BCUT2D eigenvalue weighted by atomic mass is 32.2. The third-order valence-corrected chi connectivity index (χ3v) is 3.47. The van der Waals surface area contributed by atoms with Crippen LogP contribution in [-0.2, 0) is 0 Å². The number of rotatable bonds is 3. The van der Waals surface area contributed by atoms with E-state index in [4.69, 9.17) is 0 Å². The molecular formula is C14H12N4OS. The fourth-order valence-electron chi connectivity index (χ4n) is 1.85. The maximum atomic E-state index is 12.2. The Hall–Kier alpha value is -2.34. The van der Waals surface area contributed by atoms with Crippen LogP contribution in [0.25, 0.3) is 11.0 Å². The van der Waals surface area contributed by atoms with Crippen LogP contribution in [-0.4, -0.2) is 27.1 Å². The summed E-state index contributed by atoms with van der Waals surface area (Å²) in [5, 5.41) is 3.56. The number of nitrogens with zero attached hydrogens (tertiary/aromatic N) is 2. The number of hydrogen-bond acceptors (Lipinski definition) is 4. The molecule has 2 aromatic heterocycles. The first kappa shape index (κ1) is 12.7. The van der Waals surface area contributed by atoms with Crippen molar-refractivity contribution in [1.82, 2.24) is 15.0 Å². The molecular weight excluding hydrogens is 272 g/mol. The number of imidazole rings is 1. The number of hydrogen-bond donors (Lipinski definition) is 2. The predicted molar refractivity (Wildman–Crippen MR) is 80.1 cm³/mol. The second-order valence-corrected chi connectivity index (χ2v) is 4.97. The Morgan fingerprint density at radius 2 is 2.15 bits per heavy atom. The Morgan fingerprint density at radius 3 is 2.95 bits per heavy atom. The first-order chi connectivity index (χ1) is 9.76. The molecule has 0 aliphatic carbocycles. The third kappa shape index (κ3) is 2.50. The summed E-state index contributed by atoms with van der Waals surface area (Å²) >= 11 is 1.50. The first-order valence-electron chi connectivity index (χ1n) is 6.02. The van der Waals surface area contributed by atoms with Gasteiger partial charge in [-0.3, -0.25) is 10.1 Å². The molecule has 0 unspecified atom stereocenters. The summed E-state index contributed by atoms with van der Waals surface area (Å²) in [4.78, 5) is 23.7. The van der Waals surface area contributed by atoms with Crippen molar-refractivity contribution in [3.63, 3.8) is 0 Å². The molecule has 20 heavy (non-hydrogen) atoms. The van der Waals surface area contributed by atoms with Crippen molar-refractivity contribution in [2.75, 3.05) is 11.6 Å². The van der Waals surface area contributed by atoms with E-state index in [1.807, 2.05) is 30.5 Å². The van der Waals surface area contributed by atoms with E-state index in [2.05, 4.69) is 20.3 Å². The van der Waals surface area contributed by atoms with Crippen LogP contribution in [0.15, 0.2) is 47.6 Å². The average molecular weight is 284 g/mol. The van der Waals surface area contributed by atoms with Crippen LogP contribution < -0.4 is 5.32 Å². The average Bonchev–Trinajstić information content (AvgIpc) is 2.89. The van der Waals surface area contributed by atoms with Crippen molar-refractivity contribution in [2.45, 2.75) is 5.03 Å². The van der Waals surface area contributed by atoms with E-state index in [1.54, 1.807) is 18.3 Å². The lowest BCUT2D eigenvalue weighted by molar-refractivity contribution is 0.102. The zero-order valence-electron chi connectivity index (χ0n) is 10.8. The molecule has 100 valence electrons. The molecule has 2 N–H and O–H groups in total. The summed E-state index contributed by atoms with van der Waals surface area (Å²) in [6.45, 7) is 0. The number of fused-ring (bicyclic) bond motifs is 1. The monoisotopic (exact) mass is 284 g/mol. The van der Waals surface area contributed by atoms with Crippen molar-refractivity contribution >= 4 is 34.7 Å². The Bertz CT molecular complexity index is 735. The first-order valence-corrected chi connectivity index (χ1v) is 7.25. The van der Waals surface area contributed by atoms with Crippen molar-refractivity contribution < 1.29 is 4.79 Å². The minimum atomic E-state index is -0.207. The number of benzene rings is 1. The summed E-state index contributed by atoms with van der Waals surface area (Å²) in [5.74, 6) is 0.237. The molecule has 0 aliphatic heterocycles. The van der Waals surface area contributed by atoms with Gasteiger partial charge in [-0.15, -0.1) is 11.8 Å². The fraction of sp³-hybridized carbons (Fsp3) is 0.0714. The van der Waals surface area contributed by atoms with Crippen LogP contribution in [0.1, 0.15) is 10.4 Å². The number of carbonyl (C=O) groups excluding carboxylic acids is 1. The quantitative estimate of drug-likeness (QED) is 0.725. The molecule has 1 amide bonds. The van der Waals surface area contributed by atoms with Gasteiger partial charge in [0.1, 0.15) is 0 Å². The van der Waals surface area contributed by atoms with E-state index >= 15 is 0 Å². The van der Waals surface area contributed by atoms with Crippen LogP contribution in [0.4, 0.5) is 5.95 Å². The summed E-state index contributed by atoms with van der Waals surface area (Å²) in [6.07, 6.45) is 3.54. The second-order valence-electron chi connectivity index (χ2n) is 4.14. The molecule has 0 bridgehead atoms. The normalized spacial score (nSPS) is 10.7. The Kier molecular flexibility index (Phi) is 3.39. The SMILES string of the molecule is CSc1cc(C(=O)Nc2nc3ccccc3[nH]2)ccn1. The lowest BCUT2D eigenvalue weighted by atomic mass is 10.2. The van der Waals surface area contributed by atoms with Crippen LogP contribution in [0.5, 0.6) is 0 Å². The van der Waals surface area contributed by atoms with Gasteiger partial charge in [-0.25, -0.2) is 9.97 Å². The Morgan fingerprint density at radius 1 is 1.30 bits per heavy atom. The largest absolute Gasteiger partial charge is 0.324 e. The smallest absolute Gasteiger partial charge is 0.258 e. The second kappa shape index (κ2) is 5.34. The molecule has 6 heteroatoms. The Labute approximate surface area is 119 Å². The van der Waals surface area contributed by atoms with Crippen LogP contribution in [0.3, 0.4) is 0 Å². The fourth-order valence-corrected chi connectivity index (χ4v) is 2.27. The Balaban J connectivity index is 1.84. The standard InChI is InChI=1S/C14H12N4OS/c1-20-12-8-9(6-7-15-12)13(19)18-14-16-10-4-2-3-5-11(10)17-14/h2-8H,1H3,(H2,16,17,18,19). The highest BCUT2D eigenvalue weighted by Crippen LogP contribution is 2.16. The number of carbonyl (C=O) groups is 1. The number of anilines is 1. The van der Waals surface area contributed by atoms with Crippen LogP contribution in [0.2, 0.25) is 0 Å². The van der Waals surface area contributed by atoms with Crippen LogP contribution >= 0.6 is 11.8 Å². The van der Waals surface area contributed by atoms with E-state index in [0.29, 0.717) is 11.5 Å². The van der Waals surface area contributed by atoms with Crippen molar-refractivity contribution in [1.29, 1.82) is 0 Å². The number of pyridine rings is 1. The van der Waals surface area contributed by atoms with Crippen molar-refractivity contribution in [2.24, 2.45) is 0 Å². The number of aromatic amines is 1. The zero-order chi connectivity index (χ0) is 13.9. The number of thioether (sulfide) groups is 1. The van der Waals surface area contributed by atoms with Gasteiger partial charge in [0.2, 0.25) is 5.95 Å². The lowest BCUT2D eigenvalue weighted by Crippen LogP contribution is -2.13. The van der Waals surface area contributed by atoms with E-state index < -0.39 is 0 Å². The molecule has 5 nitrogen and oxygen atoms in total. The number of H-pyrrole nitrogens is 1. The van der Waals surface area contributed by atoms with Gasteiger partial charge >= 0.3 is 0 Å². The molecule has 0 aliphatic rings. The van der Waals surface area contributed by atoms with Gasteiger partial charge in [-0.1, -0.05) is 12.1 Å². The summed E-state index contributed by atoms with van der Waals surface area (Å²) in [6, 6.07) is 11.1. The highest BCUT2D eigenvalue weighted by molar-refractivity contribution is 7.98. The summed E-state index contributed by atoms with van der Waals surface area (Å²) in [7, 11) is 0. The van der Waals surface area contributed by atoms with Gasteiger partial charge < -0.3 is 4.98 Å². The number of amides is 1. The predicted octanol–water partition coefficient (Wildman–Crippen LogP) is 2.93. The molecule has 0 saturated carbocycles. The van der Waals surface area contributed by atoms with Gasteiger partial charge in [0, 0.05) is 11.8 Å². The number of nitrogens with one attached hydrogen (secondary N) is 2. The molecule has 1 aromatic carbocycles. The summed E-state index contributed by atoms with van der Waals surface area (Å²) < 4.78 is 0.